The predicted molar refractivity (Wildman–Crippen MR) is 116 cm³/mol. The zero-order valence-corrected chi connectivity index (χ0v) is 17.1. The smallest absolute Gasteiger partial charge is 0.234 e. The molecule has 0 aliphatic rings. The lowest BCUT2D eigenvalue weighted by atomic mass is 10.2. The Morgan fingerprint density at radius 3 is 2.40 bits per heavy atom. The zero-order chi connectivity index (χ0) is 21.5. The molecule has 0 saturated carbocycles. The molecule has 0 saturated heterocycles. The van der Waals surface area contributed by atoms with Crippen LogP contribution in [0.2, 0.25) is 0 Å². The number of nitrogens with zero attached hydrogens (tertiary/aromatic N) is 3. The van der Waals surface area contributed by atoms with Gasteiger partial charge in [0.2, 0.25) is 11.8 Å². The highest BCUT2D eigenvalue weighted by atomic mass is 32.2. The Morgan fingerprint density at radius 2 is 1.77 bits per heavy atom. The van der Waals surface area contributed by atoms with Crippen LogP contribution in [-0.4, -0.2) is 32.3 Å². The van der Waals surface area contributed by atoms with Gasteiger partial charge in [-0.05, 0) is 36.4 Å². The molecule has 0 fully saturated rings. The van der Waals surface area contributed by atoms with E-state index in [9.17, 15) is 14.0 Å². The molecule has 0 aliphatic heterocycles. The van der Waals surface area contributed by atoms with Gasteiger partial charge in [0.15, 0.2) is 11.0 Å². The summed E-state index contributed by atoms with van der Waals surface area (Å²) < 4.78 is 15.9. The fraction of sp³-hybridized carbons (Fsp3) is 0.143. The highest BCUT2D eigenvalue weighted by molar-refractivity contribution is 7.99. The van der Waals surface area contributed by atoms with Gasteiger partial charge in [-0.1, -0.05) is 30.0 Å². The van der Waals surface area contributed by atoms with Crippen molar-refractivity contribution < 1.29 is 14.0 Å². The number of aromatic nitrogens is 3. The SMILES string of the molecule is C=CCn1c(SCC(=O)Nc2ccc(NC(C)=O)cc2)nnc1-c1ccccc1F. The van der Waals surface area contributed by atoms with Crippen molar-refractivity contribution in [3.05, 3.63) is 67.0 Å². The number of hydrogen-bond donors (Lipinski definition) is 2. The lowest BCUT2D eigenvalue weighted by Crippen LogP contribution is -2.15. The molecule has 9 heteroatoms. The zero-order valence-electron chi connectivity index (χ0n) is 16.3. The summed E-state index contributed by atoms with van der Waals surface area (Å²) in [5.74, 6) is -0.314. The molecule has 3 aromatic rings. The molecule has 2 aromatic carbocycles. The molecule has 1 aromatic heterocycles. The number of allylic oxidation sites excluding steroid dienone is 1. The van der Waals surface area contributed by atoms with Crippen LogP contribution in [0.3, 0.4) is 0 Å². The molecule has 0 spiro atoms. The monoisotopic (exact) mass is 425 g/mol. The van der Waals surface area contributed by atoms with E-state index < -0.39 is 5.82 Å². The van der Waals surface area contributed by atoms with Crippen LogP contribution in [0.5, 0.6) is 0 Å². The van der Waals surface area contributed by atoms with Gasteiger partial charge in [-0.25, -0.2) is 4.39 Å². The molecular formula is C21H20FN5O2S. The number of amides is 2. The summed E-state index contributed by atoms with van der Waals surface area (Å²) in [6.45, 7) is 5.53. The highest BCUT2D eigenvalue weighted by Gasteiger charge is 2.17. The maximum atomic E-state index is 14.2. The van der Waals surface area contributed by atoms with Gasteiger partial charge in [0, 0.05) is 24.8 Å². The second-order valence-electron chi connectivity index (χ2n) is 6.28. The average molecular weight is 425 g/mol. The van der Waals surface area contributed by atoms with E-state index in [1.165, 1.54) is 24.8 Å². The molecule has 30 heavy (non-hydrogen) atoms. The van der Waals surface area contributed by atoms with E-state index in [1.807, 2.05) is 0 Å². The van der Waals surface area contributed by atoms with Crippen molar-refractivity contribution in [3.8, 4) is 11.4 Å². The van der Waals surface area contributed by atoms with Gasteiger partial charge in [0.25, 0.3) is 0 Å². The Labute approximate surface area is 177 Å². The van der Waals surface area contributed by atoms with E-state index in [4.69, 9.17) is 0 Å². The molecule has 7 nitrogen and oxygen atoms in total. The third kappa shape index (κ3) is 5.32. The van der Waals surface area contributed by atoms with Crippen LogP contribution in [0.4, 0.5) is 15.8 Å². The number of halogens is 1. The van der Waals surface area contributed by atoms with Crippen molar-refractivity contribution in [1.82, 2.24) is 14.8 Å². The molecule has 2 N–H and O–H groups in total. The van der Waals surface area contributed by atoms with E-state index in [-0.39, 0.29) is 17.6 Å². The molecule has 2 amide bonds. The normalized spacial score (nSPS) is 10.5. The van der Waals surface area contributed by atoms with Crippen LogP contribution in [0.25, 0.3) is 11.4 Å². The Morgan fingerprint density at radius 1 is 1.10 bits per heavy atom. The molecule has 0 unspecified atom stereocenters. The molecule has 1 heterocycles. The first-order chi connectivity index (χ1) is 14.5. The molecular weight excluding hydrogens is 405 g/mol. The maximum absolute atomic E-state index is 14.2. The fourth-order valence-electron chi connectivity index (χ4n) is 2.70. The van der Waals surface area contributed by atoms with Crippen LogP contribution >= 0.6 is 11.8 Å². The molecule has 0 bridgehead atoms. The van der Waals surface area contributed by atoms with Gasteiger partial charge in [0.05, 0.1) is 11.3 Å². The number of nitrogens with one attached hydrogen (secondary N) is 2. The van der Waals surface area contributed by atoms with Gasteiger partial charge in [0.1, 0.15) is 5.82 Å². The number of hydrogen-bond acceptors (Lipinski definition) is 5. The van der Waals surface area contributed by atoms with Crippen molar-refractivity contribution in [2.24, 2.45) is 0 Å². The van der Waals surface area contributed by atoms with Crippen LogP contribution in [-0.2, 0) is 16.1 Å². The Bertz CT molecular complexity index is 1070. The largest absolute Gasteiger partial charge is 0.326 e. The van der Waals surface area contributed by atoms with E-state index in [2.05, 4.69) is 27.4 Å². The summed E-state index contributed by atoms with van der Waals surface area (Å²) in [5.41, 5.74) is 1.59. The summed E-state index contributed by atoms with van der Waals surface area (Å²) in [6, 6.07) is 13.1. The van der Waals surface area contributed by atoms with Crippen molar-refractivity contribution in [2.75, 3.05) is 16.4 Å². The second kappa shape index (κ2) is 9.84. The standard InChI is InChI=1S/C21H20FN5O2S/c1-3-12-27-20(17-6-4-5-7-18(17)22)25-26-21(27)30-13-19(29)24-16-10-8-15(9-11-16)23-14(2)28/h3-11H,1,12-13H2,2H3,(H,23,28)(H,24,29). The molecule has 3 rings (SSSR count). The van der Waals surface area contributed by atoms with E-state index in [1.54, 1.807) is 53.1 Å². The van der Waals surface area contributed by atoms with Gasteiger partial charge < -0.3 is 10.6 Å². The maximum Gasteiger partial charge on any atom is 0.234 e. The first-order valence-electron chi connectivity index (χ1n) is 9.07. The number of carbonyl (C=O) groups is 2. The molecule has 0 aliphatic carbocycles. The van der Waals surface area contributed by atoms with Crippen LogP contribution < -0.4 is 10.6 Å². The predicted octanol–water partition coefficient (Wildman–Crippen LogP) is 3.96. The average Bonchev–Trinajstić information content (AvgIpc) is 3.11. The van der Waals surface area contributed by atoms with E-state index in [0.717, 1.165) is 0 Å². The van der Waals surface area contributed by atoms with E-state index >= 15 is 0 Å². The van der Waals surface area contributed by atoms with Gasteiger partial charge in [-0.3, -0.25) is 14.2 Å². The number of carbonyl (C=O) groups excluding carboxylic acids is 2. The molecule has 154 valence electrons. The second-order valence-corrected chi connectivity index (χ2v) is 7.22. The Hall–Kier alpha value is -3.46. The third-order valence-electron chi connectivity index (χ3n) is 3.96. The minimum atomic E-state index is -0.396. The van der Waals surface area contributed by atoms with E-state index in [0.29, 0.717) is 34.5 Å². The summed E-state index contributed by atoms with van der Waals surface area (Å²) in [7, 11) is 0. The molecule has 0 atom stereocenters. The third-order valence-corrected chi connectivity index (χ3v) is 4.93. The van der Waals surface area contributed by atoms with Crippen LogP contribution in [0.15, 0.2) is 66.3 Å². The van der Waals surface area contributed by atoms with Crippen molar-refractivity contribution in [3.63, 3.8) is 0 Å². The summed E-state index contributed by atoms with van der Waals surface area (Å²) in [5, 5.41) is 14.1. The number of thioether (sulfide) groups is 1. The summed E-state index contributed by atoms with van der Waals surface area (Å²) in [6.07, 6.45) is 1.66. The quantitative estimate of drug-likeness (QED) is 0.421. The fourth-order valence-corrected chi connectivity index (χ4v) is 3.45. The first-order valence-corrected chi connectivity index (χ1v) is 10.1. The highest BCUT2D eigenvalue weighted by Crippen LogP contribution is 2.26. The Kier molecular flexibility index (Phi) is 6.97. The number of anilines is 2. The summed E-state index contributed by atoms with van der Waals surface area (Å²) in [4.78, 5) is 23.4. The lowest BCUT2D eigenvalue weighted by molar-refractivity contribution is -0.114. The van der Waals surface area contributed by atoms with Gasteiger partial charge in [-0.2, -0.15) is 0 Å². The Balaban J connectivity index is 1.66. The first kappa shape index (κ1) is 21.3. The lowest BCUT2D eigenvalue weighted by Gasteiger charge is -2.09. The number of benzene rings is 2. The minimum absolute atomic E-state index is 0.0972. The van der Waals surface area contributed by atoms with Gasteiger partial charge in [-0.15, -0.1) is 16.8 Å². The van der Waals surface area contributed by atoms with Gasteiger partial charge >= 0.3 is 0 Å². The van der Waals surface area contributed by atoms with Crippen molar-refractivity contribution >= 4 is 35.0 Å². The number of rotatable bonds is 8. The summed E-state index contributed by atoms with van der Waals surface area (Å²) >= 11 is 1.20. The van der Waals surface area contributed by atoms with Crippen molar-refractivity contribution in [2.45, 2.75) is 18.6 Å². The van der Waals surface area contributed by atoms with Crippen LogP contribution in [0, 0.1) is 5.82 Å². The molecule has 0 radical (unpaired) electrons. The van der Waals surface area contributed by atoms with Crippen molar-refractivity contribution in [1.29, 1.82) is 0 Å². The topological polar surface area (TPSA) is 88.9 Å². The minimum Gasteiger partial charge on any atom is -0.326 e. The van der Waals surface area contributed by atoms with Crippen LogP contribution in [0.1, 0.15) is 6.92 Å².